The summed E-state index contributed by atoms with van der Waals surface area (Å²) >= 11 is 0. The fraction of sp³-hybridized carbons (Fsp3) is 0.464. The zero-order valence-corrected chi connectivity index (χ0v) is 21.6. The minimum absolute atomic E-state index is 0.268. The van der Waals surface area contributed by atoms with Gasteiger partial charge in [0.15, 0.2) is 0 Å². The van der Waals surface area contributed by atoms with E-state index in [2.05, 4.69) is 11.8 Å². The van der Waals surface area contributed by atoms with Crippen LogP contribution in [0, 0.1) is 0 Å². The molecule has 35 heavy (non-hydrogen) atoms. The van der Waals surface area contributed by atoms with Gasteiger partial charge in [-0.1, -0.05) is 43.3 Å². The molecule has 0 amide bonds. The highest BCUT2D eigenvalue weighted by Gasteiger charge is 2.24. The first kappa shape index (κ1) is 26.9. The molecule has 1 heterocycles. The van der Waals surface area contributed by atoms with E-state index in [0.717, 1.165) is 29.1 Å². The van der Waals surface area contributed by atoms with Gasteiger partial charge in [-0.15, -0.1) is 0 Å². The van der Waals surface area contributed by atoms with E-state index in [1.165, 1.54) is 0 Å². The fourth-order valence-electron chi connectivity index (χ4n) is 3.75. The van der Waals surface area contributed by atoms with E-state index in [4.69, 9.17) is 19.3 Å². The number of aryl methyl sites for hydroxylation is 1. The van der Waals surface area contributed by atoms with E-state index in [0.29, 0.717) is 32.1 Å². The molecule has 7 nitrogen and oxygen atoms in total. The number of rotatable bonds is 13. The molecule has 1 atom stereocenters. The molecule has 0 aliphatic carbocycles. The van der Waals surface area contributed by atoms with E-state index in [-0.39, 0.29) is 12.2 Å². The molecule has 2 aromatic carbocycles. The van der Waals surface area contributed by atoms with Crippen molar-refractivity contribution in [3.8, 4) is 17.3 Å². The molecular weight excluding hydrogens is 442 g/mol. The third-order valence-electron chi connectivity index (χ3n) is 5.48. The summed E-state index contributed by atoms with van der Waals surface area (Å²) in [6.07, 6.45) is 0.132. The Bertz CT molecular complexity index is 1020. The van der Waals surface area contributed by atoms with Gasteiger partial charge in [-0.3, -0.25) is 4.90 Å². The molecule has 0 aliphatic rings. The van der Waals surface area contributed by atoms with Crippen LogP contribution in [-0.2, 0) is 22.4 Å². The van der Waals surface area contributed by atoms with Crippen molar-refractivity contribution < 1.29 is 19.3 Å². The molecule has 1 aromatic heterocycles. The van der Waals surface area contributed by atoms with Gasteiger partial charge in [0, 0.05) is 26.7 Å². The van der Waals surface area contributed by atoms with Gasteiger partial charge >= 0.3 is 0 Å². The molecular formula is C28H39N3O4. The monoisotopic (exact) mass is 481 g/mol. The molecule has 0 saturated heterocycles. The normalized spacial score (nSPS) is 12.8. The van der Waals surface area contributed by atoms with Gasteiger partial charge in [0.25, 0.3) is 0 Å². The summed E-state index contributed by atoms with van der Waals surface area (Å²) in [4.78, 5) is 2.17. The number of aliphatic hydroxyl groups is 1. The lowest BCUT2D eigenvalue weighted by Gasteiger charge is -2.27. The van der Waals surface area contributed by atoms with Crippen molar-refractivity contribution in [3.05, 3.63) is 71.9 Å². The van der Waals surface area contributed by atoms with Crippen LogP contribution in [0.15, 0.2) is 60.7 Å². The van der Waals surface area contributed by atoms with Crippen LogP contribution in [0.2, 0.25) is 0 Å². The second-order valence-corrected chi connectivity index (χ2v) is 9.55. The lowest BCUT2D eigenvalue weighted by molar-refractivity contribution is -0.0577. The number of aromatic nitrogens is 2. The van der Waals surface area contributed by atoms with Crippen LogP contribution in [0.5, 0.6) is 11.6 Å². The second kappa shape index (κ2) is 12.8. The Kier molecular flexibility index (Phi) is 9.86. The zero-order valence-electron chi connectivity index (χ0n) is 21.6. The number of ether oxygens (including phenoxy) is 3. The van der Waals surface area contributed by atoms with Gasteiger partial charge in [-0.05, 0) is 51.5 Å². The highest BCUT2D eigenvalue weighted by atomic mass is 16.5. The van der Waals surface area contributed by atoms with Crippen LogP contribution in [-0.4, -0.2) is 64.9 Å². The van der Waals surface area contributed by atoms with Crippen molar-refractivity contribution in [2.24, 2.45) is 0 Å². The molecule has 0 bridgehead atoms. The molecule has 1 N–H and O–H groups in total. The van der Waals surface area contributed by atoms with Crippen LogP contribution in [0.1, 0.15) is 39.0 Å². The van der Waals surface area contributed by atoms with Crippen molar-refractivity contribution in [3.63, 3.8) is 0 Å². The molecule has 7 heteroatoms. The molecule has 3 aromatic rings. The summed E-state index contributed by atoms with van der Waals surface area (Å²) in [6.45, 7) is 10.5. The van der Waals surface area contributed by atoms with Gasteiger partial charge in [0.1, 0.15) is 5.75 Å². The third kappa shape index (κ3) is 8.18. The molecule has 0 radical (unpaired) electrons. The molecule has 3 rings (SSSR count). The largest absolute Gasteiger partial charge is 0.439 e. The number of hydrogen-bond donors (Lipinski definition) is 1. The Morgan fingerprint density at radius 1 is 1.03 bits per heavy atom. The summed E-state index contributed by atoms with van der Waals surface area (Å²) in [6, 6.07) is 19.8. The molecule has 0 fully saturated rings. The first-order valence-corrected chi connectivity index (χ1v) is 12.2. The maximum Gasteiger partial charge on any atom is 0.227 e. The summed E-state index contributed by atoms with van der Waals surface area (Å²) in [7, 11) is 1.69. The van der Waals surface area contributed by atoms with Crippen LogP contribution in [0.4, 0.5) is 0 Å². The van der Waals surface area contributed by atoms with Gasteiger partial charge in [-0.25, -0.2) is 4.68 Å². The Balaban J connectivity index is 1.94. The summed E-state index contributed by atoms with van der Waals surface area (Å²) < 4.78 is 19.5. The predicted octanol–water partition coefficient (Wildman–Crippen LogP) is 4.85. The van der Waals surface area contributed by atoms with Crippen molar-refractivity contribution in [2.75, 3.05) is 33.4 Å². The average molecular weight is 482 g/mol. The Morgan fingerprint density at radius 3 is 2.29 bits per heavy atom. The third-order valence-corrected chi connectivity index (χ3v) is 5.48. The van der Waals surface area contributed by atoms with Gasteiger partial charge in [0.2, 0.25) is 5.88 Å². The van der Waals surface area contributed by atoms with Crippen molar-refractivity contribution in [1.82, 2.24) is 14.7 Å². The highest BCUT2D eigenvalue weighted by Crippen LogP contribution is 2.32. The molecule has 190 valence electrons. The lowest BCUT2D eigenvalue weighted by Crippen LogP contribution is -2.38. The van der Waals surface area contributed by atoms with E-state index >= 15 is 0 Å². The fourth-order valence-corrected chi connectivity index (χ4v) is 3.75. The number of aliphatic hydroxyl groups excluding tert-OH is 1. The number of hydrogen-bond acceptors (Lipinski definition) is 6. The lowest BCUT2D eigenvalue weighted by atomic mass is 10.1. The van der Waals surface area contributed by atoms with E-state index in [1.807, 2.05) is 86.1 Å². The topological polar surface area (TPSA) is 69.0 Å². The Morgan fingerprint density at radius 2 is 1.69 bits per heavy atom. The smallest absolute Gasteiger partial charge is 0.227 e. The maximum atomic E-state index is 10.7. The zero-order chi connectivity index (χ0) is 25.3. The van der Waals surface area contributed by atoms with E-state index < -0.39 is 6.10 Å². The predicted molar refractivity (Wildman–Crippen MR) is 138 cm³/mol. The van der Waals surface area contributed by atoms with Crippen molar-refractivity contribution >= 4 is 0 Å². The van der Waals surface area contributed by atoms with E-state index in [1.54, 1.807) is 7.11 Å². The first-order chi connectivity index (χ1) is 16.8. The maximum absolute atomic E-state index is 10.7. The van der Waals surface area contributed by atoms with Crippen molar-refractivity contribution in [1.29, 1.82) is 0 Å². The summed E-state index contributed by atoms with van der Waals surface area (Å²) in [5.74, 6) is 1.43. The van der Waals surface area contributed by atoms with Gasteiger partial charge in [-0.2, -0.15) is 5.10 Å². The first-order valence-electron chi connectivity index (χ1n) is 12.2. The number of para-hydroxylation sites is 2. The number of methoxy groups -OCH3 is 1. The molecule has 0 saturated carbocycles. The minimum Gasteiger partial charge on any atom is -0.439 e. The quantitative estimate of drug-likeness (QED) is 0.376. The standard InChI is InChI=1S/C28H39N3O4/c1-6-26-25(20-30(17-18-33-5)19-23(32)21-34-28(2,3)4)27(35-24-15-11-8-12-16-24)31(29-26)22-13-9-7-10-14-22/h7-16,23,32H,6,17-21H2,1-5H3/t23-/m1/s1. The molecule has 0 unspecified atom stereocenters. The minimum atomic E-state index is -0.626. The Labute approximate surface area is 209 Å². The summed E-state index contributed by atoms with van der Waals surface area (Å²) in [5.41, 5.74) is 2.59. The second-order valence-electron chi connectivity index (χ2n) is 9.55. The van der Waals surface area contributed by atoms with Crippen LogP contribution >= 0.6 is 0 Å². The van der Waals surface area contributed by atoms with E-state index in [9.17, 15) is 5.11 Å². The number of benzene rings is 2. The van der Waals surface area contributed by atoms with Crippen LogP contribution < -0.4 is 4.74 Å². The SMILES string of the molecule is CCc1nn(-c2ccccc2)c(Oc2ccccc2)c1CN(CCOC)C[C@@H](O)COC(C)(C)C. The average Bonchev–Trinajstić information content (AvgIpc) is 3.18. The van der Waals surface area contributed by atoms with Crippen LogP contribution in [0.25, 0.3) is 5.69 Å². The summed E-state index contributed by atoms with van der Waals surface area (Å²) in [5, 5.41) is 15.6. The van der Waals surface area contributed by atoms with Gasteiger partial charge in [0.05, 0.1) is 41.9 Å². The van der Waals surface area contributed by atoms with Crippen molar-refractivity contribution in [2.45, 2.75) is 52.4 Å². The Hall–Kier alpha value is -2.71. The number of nitrogens with zero attached hydrogens (tertiary/aromatic N) is 3. The highest BCUT2D eigenvalue weighted by molar-refractivity contribution is 5.43. The van der Waals surface area contributed by atoms with Gasteiger partial charge < -0.3 is 19.3 Å². The van der Waals surface area contributed by atoms with Crippen LogP contribution in [0.3, 0.4) is 0 Å². The molecule has 0 spiro atoms. The molecule has 0 aliphatic heterocycles.